The lowest BCUT2D eigenvalue weighted by Gasteiger charge is -2.08. The van der Waals surface area contributed by atoms with E-state index in [0.717, 1.165) is 16.7 Å². The first kappa shape index (κ1) is 22.0. The van der Waals surface area contributed by atoms with Crippen molar-refractivity contribution in [1.82, 2.24) is 0 Å². The number of carbonyl (C=O) groups excluding carboxylic acids is 2. The van der Waals surface area contributed by atoms with Crippen molar-refractivity contribution >= 4 is 40.9 Å². The van der Waals surface area contributed by atoms with Gasteiger partial charge in [-0.2, -0.15) is 0 Å². The average molecular weight is 414 g/mol. The van der Waals surface area contributed by atoms with Crippen LogP contribution in [0.1, 0.15) is 13.8 Å². The van der Waals surface area contributed by atoms with E-state index in [1.807, 2.05) is 6.92 Å². The molecule has 2 aromatic rings. The Morgan fingerprint density at radius 3 is 2.17 bits per heavy atom. The minimum Gasteiger partial charge on any atom is -0.494 e. The highest BCUT2D eigenvalue weighted by Gasteiger charge is 2.06. The molecular formula is C21H22N2O5S. The van der Waals surface area contributed by atoms with Crippen molar-refractivity contribution < 1.29 is 24.2 Å². The maximum Gasteiger partial charge on any atom is 0.331 e. The number of amides is 2. The Kier molecular flexibility index (Phi) is 8.29. The van der Waals surface area contributed by atoms with Gasteiger partial charge in [-0.15, -0.1) is 11.8 Å². The number of carbonyl (C=O) groups is 3. The third-order valence-corrected chi connectivity index (χ3v) is 4.64. The topological polar surface area (TPSA) is 105 Å². The lowest BCUT2D eigenvalue weighted by molar-refractivity contribution is -0.132. The van der Waals surface area contributed by atoms with E-state index in [9.17, 15) is 14.4 Å². The Balaban J connectivity index is 1.82. The van der Waals surface area contributed by atoms with Crippen molar-refractivity contribution in [2.75, 3.05) is 23.0 Å². The van der Waals surface area contributed by atoms with Crippen LogP contribution in [0.2, 0.25) is 0 Å². The summed E-state index contributed by atoms with van der Waals surface area (Å²) in [6.07, 6.45) is 1.02. The zero-order chi connectivity index (χ0) is 21.2. The van der Waals surface area contributed by atoms with Gasteiger partial charge < -0.3 is 20.5 Å². The van der Waals surface area contributed by atoms with E-state index in [0.29, 0.717) is 18.0 Å². The molecule has 0 aliphatic heterocycles. The number of hydrogen-bond acceptors (Lipinski definition) is 5. The van der Waals surface area contributed by atoms with Crippen molar-refractivity contribution in [3.8, 4) is 5.75 Å². The minimum absolute atomic E-state index is 0.0479. The van der Waals surface area contributed by atoms with Gasteiger partial charge in [-0.05, 0) is 62.4 Å². The van der Waals surface area contributed by atoms with Crippen LogP contribution in [-0.2, 0) is 14.4 Å². The Labute approximate surface area is 173 Å². The van der Waals surface area contributed by atoms with Crippen LogP contribution in [0.4, 0.5) is 11.4 Å². The predicted octanol–water partition coefficient (Wildman–Crippen LogP) is 3.79. The molecule has 3 N–H and O–H groups in total. The predicted molar refractivity (Wildman–Crippen MR) is 113 cm³/mol. The smallest absolute Gasteiger partial charge is 0.331 e. The van der Waals surface area contributed by atoms with Crippen LogP contribution in [0.3, 0.4) is 0 Å². The fourth-order valence-corrected chi connectivity index (χ4v) is 2.92. The molecule has 0 saturated carbocycles. The van der Waals surface area contributed by atoms with Crippen molar-refractivity contribution in [3.05, 3.63) is 60.2 Å². The second-order valence-electron chi connectivity index (χ2n) is 5.94. The lowest BCUT2D eigenvalue weighted by Crippen LogP contribution is -2.13. The number of carboxylic acid groups (broad SMARTS) is 1. The van der Waals surface area contributed by atoms with Crippen LogP contribution in [0.15, 0.2) is 65.1 Å². The molecule has 0 bridgehead atoms. The van der Waals surface area contributed by atoms with Gasteiger partial charge in [-0.25, -0.2) is 4.79 Å². The highest BCUT2D eigenvalue weighted by atomic mass is 32.2. The first-order valence-electron chi connectivity index (χ1n) is 8.85. The third kappa shape index (κ3) is 7.71. The highest BCUT2D eigenvalue weighted by molar-refractivity contribution is 8.00. The quantitative estimate of drug-likeness (QED) is 0.426. The second-order valence-corrected chi connectivity index (χ2v) is 6.99. The summed E-state index contributed by atoms with van der Waals surface area (Å²) in [7, 11) is 0. The zero-order valence-electron chi connectivity index (χ0n) is 16.1. The lowest BCUT2D eigenvalue weighted by atomic mass is 10.2. The molecule has 0 saturated heterocycles. The van der Waals surface area contributed by atoms with Gasteiger partial charge in [0.15, 0.2) is 0 Å². The number of rotatable bonds is 9. The molecule has 2 rings (SSSR count). The molecule has 0 heterocycles. The van der Waals surface area contributed by atoms with Gasteiger partial charge in [-0.3, -0.25) is 9.59 Å². The van der Waals surface area contributed by atoms with E-state index in [-0.39, 0.29) is 17.2 Å². The van der Waals surface area contributed by atoms with Gasteiger partial charge in [0.2, 0.25) is 11.8 Å². The molecule has 2 amide bonds. The Morgan fingerprint density at radius 1 is 1.00 bits per heavy atom. The van der Waals surface area contributed by atoms with Gasteiger partial charge in [-0.1, -0.05) is 0 Å². The largest absolute Gasteiger partial charge is 0.494 e. The molecule has 0 aliphatic rings. The fraction of sp³-hybridized carbons (Fsp3) is 0.190. The van der Waals surface area contributed by atoms with Gasteiger partial charge in [0, 0.05) is 27.9 Å². The Morgan fingerprint density at radius 2 is 1.59 bits per heavy atom. The van der Waals surface area contributed by atoms with Gasteiger partial charge >= 0.3 is 5.97 Å². The van der Waals surface area contributed by atoms with Crippen LogP contribution < -0.4 is 15.4 Å². The number of ether oxygens (including phenoxy) is 1. The Bertz CT molecular complexity index is 892. The van der Waals surface area contributed by atoms with E-state index in [1.54, 1.807) is 48.5 Å². The molecule has 0 radical (unpaired) electrons. The average Bonchev–Trinajstić information content (AvgIpc) is 2.69. The van der Waals surface area contributed by atoms with E-state index in [2.05, 4.69) is 10.6 Å². The summed E-state index contributed by atoms with van der Waals surface area (Å²) < 4.78 is 5.36. The van der Waals surface area contributed by atoms with E-state index in [4.69, 9.17) is 9.84 Å². The van der Waals surface area contributed by atoms with Crippen LogP contribution in [0, 0.1) is 0 Å². The second kappa shape index (κ2) is 10.9. The summed E-state index contributed by atoms with van der Waals surface area (Å²) in [5, 5.41) is 14.2. The maximum atomic E-state index is 12.1. The van der Waals surface area contributed by atoms with Crippen LogP contribution >= 0.6 is 11.8 Å². The van der Waals surface area contributed by atoms with Gasteiger partial charge in [0.05, 0.1) is 12.4 Å². The summed E-state index contributed by atoms with van der Waals surface area (Å²) in [4.78, 5) is 35.4. The maximum absolute atomic E-state index is 12.1. The zero-order valence-corrected chi connectivity index (χ0v) is 16.9. The summed E-state index contributed by atoms with van der Waals surface area (Å²) in [5.74, 6) is -0.804. The molecular weight excluding hydrogens is 392 g/mol. The van der Waals surface area contributed by atoms with Crippen molar-refractivity contribution in [2.45, 2.75) is 18.7 Å². The first-order valence-corrected chi connectivity index (χ1v) is 9.84. The summed E-state index contributed by atoms with van der Waals surface area (Å²) in [5.41, 5.74) is 1.18. The van der Waals surface area contributed by atoms with E-state index >= 15 is 0 Å². The number of thioether (sulfide) groups is 1. The van der Waals surface area contributed by atoms with Crippen molar-refractivity contribution in [2.24, 2.45) is 0 Å². The number of nitrogens with one attached hydrogen (secondary N) is 2. The molecule has 0 unspecified atom stereocenters. The molecule has 8 heteroatoms. The van der Waals surface area contributed by atoms with Crippen LogP contribution in [-0.4, -0.2) is 35.2 Å². The molecule has 0 fully saturated rings. The number of aliphatic carboxylic acids is 1. The van der Waals surface area contributed by atoms with E-state index in [1.165, 1.54) is 18.7 Å². The summed E-state index contributed by atoms with van der Waals surface area (Å²) in [6, 6.07) is 14.1. The Hall–Kier alpha value is -3.26. The SMILES string of the molecule is CCOc1ccc(NC(=O)CSc2ccc(NC(=O)C=C(C)C(=O)O)cc2)cc1. The first-order chi connectivity index (χ1) is 13.9. The molecule has 0 aromatic heterocycles. The number of anilines is 2. The normalized spacial score (nSPS) is 10.9. The molecule has 0 atom stereocenters. The van der Waals surface area contributed by atoms with Crippen molar-refractivity contribution in [3.63, 3.8) is 0 Å². The van der Waals surface area contributed by atoms with E-state index < -0.39 is 11.9 Å². The highest BCUT2D eigenvalue weighted by Crippen LogP contribution is 2.21. The molecule has 0 spiro atoms. The molecule has 2 aromatic carbocycles. The molecule has 7 nitrogen and oxygen atoms in total. The summed E-state index contributed by atoms with van der Waals surface area (Å²) >= 11 is 1.36. The monoisotopic (exact) mass is 414 g/mol. The van der Waals surface area contributed by atoms with Gasteiger partial charge in [0.1, 0.15) is 5.75 Å². The van der Waals surface area contributed by atoms with Crippen LogP contribution in [0.5, 0.6) is 5.75 Å². The number of benzene rings is 2. The number of carboxylic acids is 1. The fourth-order valence-electron chi connectivity index (χ4n) is 2.22. The summed E-state index contributed by atoms with van der Waals surface area (Å²) in [6.45, 7) is 3.84. The molecule has 0 aliphatic carbocycles. The molecule has 152 valence electrons. The number of hydrogen-bond donors (Lipinski definition) is 3. The van der Waals surface area contributed by atoms with Crippen molar-refractivity contribution in [1.29, 1.82) is 0 Å². The third-order valence-electron chi connectivity index (χ3n) is 3.63. The van der Waals surface area contributed by atoms with Gasteiger partial charge in [0.25, 0.3) is 0 Å². The standard InChI is InChI=1S/C21H22N2O5S/c1-3-28-17-8-4-15(5-9-17)23-20(25)13-29-18-10-6-16(7-11-18)22-19(24)12-14(2)21(26)27/h4-12H,3,13H2,1-2H3,(H,22,24)(H,23,25)(H,26,27). The van der Waals surface area contributed by atoms with Crippen LogP contribution in [0.25, 0.3) is 0 Å². The minimum atomic E-state index is -1.14. The molecule has 29 heavy (non-hydrogen) atoms.